The summed E-state index contributed by atoms with van der Waals surface area (Å²) in [5.41, 5.74) is 17.2. The first-order chi connectivity index (χ1) is 33.6. The van der Waals surface area contributed by atoms with E-state index in [9.17, 15) is 23.9 Å². The van der Waals surface area contributed by atoms with Gasteiger partial charge in [0.25, 0.3) is 5.91 Å². The molecule has 7 rings (SSSR count). The average molecular weight is 954 g/mol. The molecular formula is C60H65F2N7O2. The van der Waals surface area contributed by atoms with Gasteiger partial charge in [-0.1, -0.05) is 92.9 Å². The average Bonchev–Trinajstić information content (AvgIpc) is 3.34. The molecule has 3 aromatic carbocycles. The Hall–Kier alpha value is -7.86. The number of rotatable bonds is 12. The molecular weight excluding hydrogens is 889 g/mol. The number of nitrogens with zero attached hydrogens (tertiary/aromatic N) is 5. The summed E-state index contributed by atoms with van der Waals surface area (Å²) in [4.78, 5) is 20.8. The first-order valence-electron chi connectivity index (χ1n) is 23.6. The Balaban J connectivity index is 0.000000232. The molecule has 0 aromatic heterocycles. The smallest absolute Gasteiger partial charge is 0.254 e. The maximum atomic E-state index is 14.9. The van der Waals surface area contributed by atoms with Gasteiger partial charge in [0.05, 0.1) is 24.4 Å². The van der Waals surface area contributed by atoms with Crippen LogP contribution in [0.5, 0.6) is 0 Å². The topological polar surface area (TPSA) is 112 Å². The number of hydrogen-bond donors (Lipinski definition) is 3. The van der Waals surface area contributed by atoms with Crippen LogP contribution < -0.4 is 11.1 Å². The Labute approximate surface area is 419 Å². The second kappa shape index (κ2) is 21.8. The number of aliphatic hydroxyl groups excluding tert-OH is 1. The number of benzene rings is 3. The third kappa shape index (κ3) is 11.1. The number of nitrogens with two attached hydrogens (primary N) is 1. The predicted molar refractivity (Wildman–Crippen MR) is 284 cm³/mol. The summed E-state index contributed by atoms with van der Waals surface area (Å²) < 4.78 is 29.7. The van der Waals surface area contributed by atoms with E-state index >= 15 is 0 Å². The van der Waals surface area contributed by atoms with Crippen molar-refractivity contribution in [2.45, 2.75) is 85.6 Å². The SMILES string of the molecule is C#C/C(=C(/C)c1ccccc1C(C)(C)F)N1C=CC(C(=O)N2CC(C)N(CCO)C(=C)C2C)=CC1=C.C=C(NC1CC(N)=C1C)C1=CC(=C)N(/C(C#N)=C(\C)c2ccccc2-c2ccc(C)cc2F)C=C1. The van der Waals surface area contributed by atoms with E-state index in [2.05, 4.69) is 43.6 Å². The first-order valence-corrected chi connectivity index (χ1v) is 23.6. The molecule has 0 bridgehead atoms. The van der Waals surface area contributed by atoms with E-state index < -0.39 is 5.67 Å². The van der Waals surface area contributed by atoms with Crippen LogP contribution in [-0.4, -0.2) is 68.4 Å². The van der Waals surface area contributed by atoms with Gasteiger partial charge in [-0.15, -0.1) is 6.42 Å². The van der Waals surface area contributed by atoms with Crippen molar-refractivity contribution >= 4 is 17.1 Å². The van der Waals surface area contributed by atoms with Crippen LogP contribution in [0.4, 0.5) is 8.78 Å². The molecule has 1 saturated heterocycles. The molecule has 0 radical (unpaired) electrons. The maximum absolute atomic E-state index is 14.9. The molecule has 0 saturated carbocycles. The van der Waals surface area contributed by atoms with E-state index in [-0.39, 0.29) is 36.5 Å². The Morgan fingerprint density at radius 1 is 0.915 bits per heavy atom. The second-order valence-electron chi connectivity index (χ2n) is 18.8. The summed E-state index contributed by atoms with van der Waals surface area (Å²) in [5.74, 6) is 2.32. The van der Waals surface area contributed by atoms with Crippen LogP contribution in [0.3, 0.4) is 0 Å². The van der Waals surface area contributed by atoms with Gasteiger partial charge in [-0.2, -0.15) is 5.26 Å². The molecule has 71 heavy (non-hydrogen) atoms. The van der Waals surface area contributed by atoms with Gasteiger partial charge in [0, 0.05) is 83.1 Å². The number of nitrogens with one attached hydrogen (secondary N) is 1. The lowest BCUT2D eigenvalue weighted by Crippen LogP contribution is -2.57. The van der Waals surface area contributed by atoms with E-state index in [1.54, 1.807) is 45.2 Å². The molecule has 0 spiro atoms. The van der Waals surface area contributed by atoms with Crippen LogP contribution in [0.25, 0.3) is 22.3 Å². The van der Waals surface area contributed by atoms with Crippen molar-refractivity contribution in [3.8, 4) is 29.5 Å². The van der Waals surface area contributed by atoms with Gasteiger partial charge in [0.15, 0.2) is 0 Å². The third-order valence-electron chi connectivity index (χ3n) is 13.5. The molecule has 366 valence electrons. The summed E-state index contributed by atoms with van der Waals surface area (Å²) in [6, 6.07) is 22.4. The van der Waals surface area contributed by atoms with Gasteiger partial charge in [0.2, 0.25) is 0 Å². The van der Waals surface area contributed by atoms with Gasteiger partial charge in [-0.25, -0.2) is 8.78 Å². The standard InChI is InChI=1S/C30H29FN4.C30H36FN3O2/c1-18-10-11-26(27(31)14-18)25-9-7-6-8-24(25)20(3)30(17-32)35-13-12-23(15-19(35)2)22(5)34-29-16-28(33)21(29)4;1-9-28(22(4)26-12-10-11-13-27(26)30(7,8)31)33-15-14-25(18-20(33)2)29(36)34-19-21(3)32(16-17-35)23(5)24(34)6/h6-15,29,34H,2,5,16,33H2,1,3-4H3;1,10-15,18,21,24,35H,2,5,16-17,19H2,3-4,6-8H3/b30-20+;28-22+. The fourth-order valence-electron chi connectivity index (χ4n) is 9.22. The fourth-order valence-corrected chi connectivity index (χ4v) is 9.22. The number of allylic oxidation sites excluding steroid dienone is 7. The van der Waals surface area contributed by atoms with Gasteiger partial charge in [-0.05, 0) is 130 Å². The van der Waals surface area contributed by atoms with Crippen LogP contribution in [-0.2, 0) is 10.5 Å². The lowest BCUT2D eigenvalue weighted by molar-refractivity contribution is -0.130. The van der Waals surface area contributed by atoms with E-state index in [1.165, 1.54) is 19.9 Å². The minimum Gasteiger partial charge on any atom is -0.402 e. The van der Waals surface area contributed by atoms with E-state index in [0.29, 0.717) is 52.6 Å². The third-order valence-corrected chi connectivity index (χ3v) is 13.5. The van der Waals surface area contributed by atoms with Gasteiger partial charge in [0.1, 0.15) is 23.3 Å². The highest BCUT2D eigenvalue weighted by Crippen LogP contribution is 2.37. The van der Waals surface area contributed by atoms with Crippen molar-refractivity contribution in [1.82, 2.24) is 24.9 Å². The predicted octanol–water partition coefficient (Wildman–Crippen LogP) is 11.4. The van der Waals surface area contributed by atoms with Crippen molar-refractivity contribution in [2.24, 2.45) is 5.73 Å². The molecule has 3 unspecified atom stereocenters. The number of aliphatic hydroxyl groups is 1. The van der Waals surface area contributed by atoms with Gasteiger partial charge < -0.3 is 35.8 Å². The van der Waals surface area contributed by atoms with Crippen LogP contribution in [0.1, 0.15) is 77.1 Å². The van der Waals surface area contributed by atoms with Crippen LogP contribution in [0, 0.1) is 36.4 Å². The number of halogens is 2. The summed E-state index contributed by atoms with van der Waals surface area (Å²) in [6.07, 6.45) is 17.5. The number of terminal acetylenes is 1. The molecule has 1 fully saturated rings. The lowest BCUT2D eigenvalue weighted by Gasteiger charge is -2.46. The number of piperazine rings is 1. The summed E-state index contributed by atoms with van der Waals surface area (Å²) in [5, 5.41) is 22.9. The summed E-state index contributed by atoms with van der Waals surface area (Å²) in [6.45, 7) is 32.3. The number of carbonyl (C=O) groups excluding carboxylic acids is 1. The Kier molecular flexibility index (Phi) is 16.1. The van der Waals surface area contributed by atoms with Crippen molar-refractivity contribution < 1.29 is 18.7 Å². The molecule has 11 heteroatoms. The van der Waals surface area contributed by atoms with Crippen molar-refractivity contribution in [2.75, 3.05) is 19.7 Å². The number of aryl methyl sites for hydroxylation is 1. The number of nitriles is 1. The number of alkyl halides is 1. The molecule has 4 aliphatic rings. The van der Waals surface area contributed by atoms with Crippen LogP contribution >= 0.6 is 0 Å². The van der Waals surface area contributed by atoms with E-state index in [4.69, 9.17) is 12.2 Å². The second-order valence-corrected chi connectivity index (χ2v) is 18.8. The maximum Gasteiger partial charge on any atom is 0.254 e. The molecule has 3 aliphatic heterocycles. The minimum absolute atomic E-state index is 0.0331. The number of hydrogen-bond acceptors (Lipinski definition) is 8. The number of amides is 1. The lowest BCUT2D eigenvalue weighted by atomic mass is 9.89. The monoisotopic (exact) mass is 954 g/mol. The zero-order chi connectivity index (χ0) is 52.1. The summed E-state index contributed by atoms with van der Waals surface area (Å²) >= 11 is 0. The Morgan fingerprint density at radius 2 is 1.51 bits per heavy atom. The highest BCUT2D eigenvalue weighted by atomic mass is 19.1. The highest BCUT2D eigenvalue weighted by molar-refractivity contribution is 5.97. The van der Waals surface area contributed by atoms with E-state index in [1.807, 2.05) is 113 Å². The zero-order valence-corrected chi connectivity index (χ0v) is 42.2. The molecule has 3 atom stereocenters. The number of β-amino-alcohol motifs (C(OH)–C–C–N with tert-alkyl or cyclic N) is 1. The normalized spacial score (nSPS) is 19.6. The van der Waals surface area contributed by atoms with Gasteiger partial charge in [-0.3, -0.25) is 4.79 Å². The van der Waals surface area contributed by atoms with Crippen LogP contribution in [0.15, 0.2) is 186 Å². The molecule has 3 heterocycles. The number of carbonyl (C=O) groups is 1. The zero-order valence-electron chi connectivity index (χ0n) is 42.2. The molecule has 3 aromatic rings. The van der Waals surface area contributed by atoms with Crippen LogP contribution in [0.2, 0.25) is 0 Å². The summed E-state index contributed by atoms with van der Waals surface area (Å²) in [7, 11) is 0. The van der Waals surface area contributed by atoms with Crippen molar-refractivity contribution in [3.63, 3.8) is 0 Å². The largest absolute Gasteiger partial charge is 0.402 e. The Bertz CT molecular complexity index is 3000. The molecule has 1 aliphatic carbocycles. The fraction of sp³-hybridized carbons (Fsp3) is 0.267. The van der Waals surface area contributed by atoms with E-state index in [0.717, 1.165) is 68.1 Å². The van der Waals surface area contributed by atoms with Gasteiger partial charge >= 0.3 is 0 Å². The minimum atomic E-state index is -1.54. The van der Waals surface area contributed by atoms with Crippen molar-refractivity contribution in [1.29, 1.82) is 5.26 Å². The quantitative estimate of drug-likeness (QED) is 0.122. The molecule has 4 N–H and O–H groups in total. The molecule has 9 nitrogen and oxygen atoms in total. The first kappa shape index (κ1) is 52.5. The molecule has 1 amide bonds. The van der Waals surface area contributed by atoms with Crippen molar-refractivity contribution in [3.05, 3.63) is 214 Å². The highest BCUT2D eigenvalue weighted by Gasteiger charge is 2.36. The Morgan fingerprint density at radius 3 is 2.08 bits per heavy atom.